The summed E-state index contributed by atoms with van der Waals surface area (Å²) >= 11 is 5.15. The zero-order valence-corrected chi connectivity index (χ0v) is 19.4. The lowest BCUT2D eigenvalue weighted by atomic mass is 9.94. The predicted molar refractivity (Wildman–Crippen MR) is 122 cm³/mol. The zero-order valence-electron chi connectivity index (χ0n) is 18.6. The highest BCUT2D eigenvalue weighted by molar-refractivity contribution is 7.71. The maximum atomic E-state index is 11.9. The number of hydrogen-bond donors (Lipinski definition) is 1. The van der Waals surface area contributed by atoms with Crippen LogP contribution >= 0.6 is 12.2 Å². The Bertz CT molecular complexity index is 683. The fraction of sp³-hybridized carbons (Fsp3) is 0.783. The zero-order chi connectivity index (χ0) is 21.5. The van der Waals surface area contributed by atoms with Gasteiger partial charge in [0.2, 0.25) is 0 Å². The molecule has 0 spiro atoms. The molecular formula is C23H40N2O3S. The quantitative estimate of drug-likeness (QED) is 0.200. The Morgan fingerprint density at radius 1 is 1.03 bits per heavy atom. The molecule has 0 saturated carbocycles. The fourth-order valence-electron chi connectivity index (χ4n) is 3.31. The third-order valence-corrected chi connectivity index (χ3v) is 6.14. The van der Waals surface area contributed by atoms with Crippen LogP contribution in [0.3, 0.4) is 0 Å². The van der Waals surface area contributed by atoms with Crippen molar-refractivity contribution in [2.24, 2.45) is 11.8 Å². The number of unbranched alkanes of at least 4 members (excludes halogenated alkanes) is 9. The Morgan fingerprint density at radius 2 is 1.59 bits per heavy atom. The van der Waals surface area contributed by atoms with Crippen LogP contribution in [0.15, 0.2) is 17.1 Å². The molecule has 1 rings (SSSR count). The highest BCUT2D eigenvalue weighted by Crippen LogP contribution is 2.16. The first-order valence-corrected chi connectivity index (χ1v) is 11.8. The van der Waals surface area contributed by atoms with Crippen LogP contribution in [0.25, 0.3) is 0 Å². The number of carbonyl (C=O) groups excluding carboxylic acids is 1. The molecule has 0 radical (unpaired) electrons. The molecule has 0 bridgehead atoms. The first kappa shape index (κ1) is 25.6. The van der Waals surface area contributed by atoms with Gasteiger partial charge in [0.05, 0.1) is 12.5 Å². The normalized spacial score (nSPS) is 13.2. The lowest BCUT2D eigenvalue weighted by molar-refractivity contribution is -0.149. The second-order valence-corrected chi connectivity index (χ2v) is 8.57. The molecule has 5 nitrogen and oxygen atoms in total. The Hall–Kier alpha value is -1.43. The van der Waals surface area contributed by atoms with E-state index in [0.717, 1.165) is 32.2 Å². The van der Waals surface area contributed by atoms with Crippen molar-refractivity contribution in [2.45, 2.75) is 97.9 Å². The van der Waals surface area contributed by atoms with Gasteiger partial charge in [0, 0.05) is 18.8 Å². The van der Waals surface area contributed by atoms with Gasteiger partial charge in [0.1, 0.15) is 0 Å². The maximum Gasteiger partial charge on any atom is 0.308 e. The Morgan fingerprint density at radius 3 is 2.14 bits per heavy atom. The molecule has 1 N–H and O–H groups in total. The van der Waals surface area contributed by atoms with Crippen molar-refractivity contribution in [2.75, 3.05) is 6.61 Å². The molecule has 0 aliphatic rings. The van der Waals surface area contributed by atoms with Crippen molar-refractivity contribution in [1.29, 1.82) is 0 Å². The van der Waals surface area contributed by atoms with Gasteiger partial charge in [-0.05, 0) is 31.0 Å². The third kappa shape index (κ3) is 11.4. The molecule has 0 aromatic carbocycles. The lowest BCUT2D eigenvalue weighted by Gasteiger charge is -2.16. The highest BCUT2D eigenvalue weighted by atomic mass is 32.1. The SMILES string of the molecule is CCC(C)C(C)C(=O)OCCCCCCCCCCCCn1ccc(=O)[nH]c1=S. The summed E-state index contributed by atoms with van der Waals surface area (Å²) in [7, 11) is 0. The minimum atomic E-state index is -0.136. The fourth-order valence-corrected chi connectivity index (χ4v) is 3.56. The van der Waals surface area contributed by atoms with Crippen LogP contribution in [0.4, 0.5) is 0 Å². The summed E-state index contributed by atoms with van der Waals surface area (Å²) in [5.41, 5.74) is -0.136. The number of hydrogen-bond acceptors (Lipinski definition) is 4. The number of rotatable bonds is 16. The number of carbonyl (C=O) groups is 1. The smallest absolute Gasteiger partial charge is 0.308 e. The average molecular weight is 425 g/mol. The van der Waals surface area contributed by atoms with Crippen molar-refractivity contribution in [3.05, 3.63) is 27.4 Å². The predicted octanol–water partition coefficient (Wildman–Crippen LogP) is 6.03. The van der Waals surface area contributed by atoms with Crippen LogP contribution in [0.2, 0.25) is 0 Å². The minimum Gasteiger partial charge on any atom is -0.465 e. The van der Waals surface area contributed by atoms with E-state index in [9.17, 15) is 9.59 Å². The van der Waals surface area contributed by atoms with E-state index in [1.807, 2.05) is 11.5 Å². The van der Waals surface area contributed by atoms with E-state index in [2.05, 4.69) is 18.8 Å². The summed E-state index contributed by atoms with van der Waals surface area (Å²) in [6, 6.07) is 1.52. The molecule has 1 aromatic heterocycles. The van der Waals surface area contributed by atoms with Crippen molar-refractivity contribution < 1.29 is 9.53 Å². The summed E-state index contributed by atoms with van der Waals surface area (Å²) in [5, 5.41) is 0. The molecule has 0 aliphatic carbocycles. The van der Waals surface area contributed by atoms with Gasteiger partial charge in [0.15, 0.2) is 4.77 Å². The second kappa shape index (κ2) is 15.4. The second-order valence-electron chi connectivity index (χ2n) is 8.18. The number of esters is 1. The molecule has 0 aliphatic heterocycles. The molecule has 2 atom stereocenters. The van der Waals surface area contributed by atoms with Crippen LogP contribution in [-0.4, -0.2) is 22.1 Å². The summed E-state index contributed by atoms with van der Waals surface area (Å²) < 4.78 is 7.83. The number of nitrogens with one attached hydrogen (secondary N) is 1. The van der Waals surface area contributed by atoms with Gasteiger partial charge in [-0.2, -0.15) is 0 Å². The Kier molecular flexibility index (Phi) is 13.6. The van der Waals surface area contributed by atoms with Gasteiger partial charge in [-0.15, -0.1) is 0 Å². The molecule has 6 heteroatoms. The van der Waals surface area contributed by atoms with E-state index in [0.29, 0.717) is 17.3 Å². The molecular weight excluding hydrogens is 384 g/mol. The Balaban J connectivity index is 1.89. The molecule has 0 fully saturated rings. The topological polar surface area (TPSA) is 64.1 Å². The first-order chi connectivity index (χ1) is 14.0. The standard InChI is InChI=1S/C23H40N2O3S/c1-4-19(2)20(3)22(27)28-18-14-12-10-8-6-5-7-9-11-13-16-25-17-15-21(26)24-23(25)29/h15,17,19-20H,4-14,16,18H2,1-3H3,(H,24,26,29). The van der Waals surface area contributed by atoms with Gasteiger partial charge in [-0.3, -0.25) is 14.6 Å². The summed E-state index contributed by atoms with van der Waals surface area (Å²) in [5.74, 6) is 0.361. The van der Waals surface area contributed by atoms with Crippen LogP contribution in [-0.2, 0) is 16.1 Å². The lowest BCUT2D eigenvalue weighted by Crippen LogP contribution is -2.21. The van der Waals surface area contributed by atoms with Gasteiger partial charge in [-0.1, -0.05) is 78.6 Å². The molecule has 2 unspecified atom stereocenters. The summed E-state index contributed by atoms with van der Waals surface area (Å²) in [4.78, 5) is 25.7. The van der Waals surface area contributed by atoms with Crippen LogP contribution in [0, 0.1) is 16.6 Å². The van der Waals surface area contributed by atoms with Crippen LogP contribution < -0.4 is 5.56 Å². The number of ether oxygens (including phenoxy) is 1. The van der Waals surface area contributed by atoms with Crippen LogP contribution in [0.5, 0.6) is 0 Å². The highest BCUT2D eigenvalue weighted by Gasteiger charge is 2.19. The summed E-state index contributed by atoms with van der Waals surface area (Å²) in [6.45, 7) is 7.62. The largest absolute Gasteiger partial charge is 0.465 e. The molecule has 0 saturated heterocycles. The van der Waals surface area contributed by atoms with Crippen molar-refractivity contribution in [3.8, 4) is 0 Å². The van der Waals surface area contributed by atoms with Crippen molar-refractivity contribution >= 4 is 18.2 Å². The number of H-pyrrole nitrogens is 1. The van der Waals surface area contributed by atoms with E-state index in [1.54, 1.807) is 6.20 Å². The molecule has 29 heavy (non-hydrogen) atoms. The number of aromatic nitrogens is 2. The van der Waals surface area contributed by atoms with E-state index in [1.165, 1.54) is 51.0 Å². The van der Waals surface area contributed by atoms with E-state index >= 15 is 0 Å². The molecule has 1 heterocycles. The molecule has 1 aromatic rings. The van der Waals surface area contributed by atoms with E-state index in [4.69, 9.17) is 17.0 Å². The van der Waals surface area contributed by atoms with Crippen molar-refractivity contribution in [1.82, 2.24) is 9.55 Å². The van der Waals surface area contributed by atoms with Crippen LogP contribution in [0.1, 0.15) is 91.4 Å². The first-order valence-electron chi connectivity index (χ1n) is 11.4. The van der Waals surface area contributed by atoms with Gasteiger partial charge >= 0.3 is 5.97 Å². The van der Waals surface area contributed by atoms with Gasteiger partial charge < -0.3 is 9.30 Å². The molecule has 0 amide bonds. The maximum absolute atomic E-state index is 11.9. The van der Waals surface area contributed by atoms with E-state index in [-0.39, 0.29) is 17.4 Å². The Labute approximate surface area is 181 Å². The summed E-state index contributed by atoms with van der Waals surface area (Å²) in [6.07, 6.45) is 14.8. The number of nitrogens with zero attached hydrogens (tertiary/aromatic N) is 1. The monoisotopic (exact) mass is 424 g/mol. The minimum absolute atomic E-state index is 0.00813. The average Bonchev–Trinajstić information content (AvgIpc) is 2.71. The number of aryl methyl sites for hydroxylation is 1. The van der Waals surface area contributed by atoms with E-state index < -0.39 is 0 Å². The van der Waals surface area contributed by atoms with Crippen molar-refractivity contribution in [3.63, 3.8) is 0 Å². The third-order valence-electron chi connectivity index (χ3n) is 5.80. The van der Waals surface area contributed by atoms with Gasteiger partial charge in [0.25, 0.3) is 5.56 Å². The molecule has 166 valence electrons. The number of aromatic amines is 1. The van der Waals surface area contributed by atoms with Gasteiger partial charge in [-0.25, -0.2) is 0 Å².